The zero-order valence-corrected chi connectivity index (χ0v) is 37.8. The van der Waals surface area contributed by atoms with Crippen molar-refractivity contribution in [2.24, 2.45) is 22.7 Å². The van der Waals surface area contributed by atoms with Crippen LogP contribution in [0.3, 0.4) is 0 Å². The summed E-state index contributed by atoms with van der Waals surface area (Å²) in [5.41, 5.74) is 5.57. The monoisotopic (exact) mass is 803 g/mol. The first-order valence-corrected chi connectivity index (χ1v) is 23.9. The van der Waals surface area contributed by atoms with E-state index >= 15 is 0 Å². The quantitative estimate of drug-likeness (QED) is 0.0662. The number of unbranched alkanes of at least 4 members (excludes halogenated alkanes) is 2. The lowest BCUT2D eigenvalue weighted by molar-refractivity contribution is -0.185. The Labute approximate surface area is 354 Å². The molecular formula is C52H82O6. The van der Waals surface area contributed by atoms with E-state index in [1.165, 1.54) is 140 Å². The van der Waals surface area contributed by atoms with Crippen LogP contribution in [0.25, 0.3) is 0 Å². The molecule has 6 nitrogen and oxygen atoms in total. The summed E-state index contributed by atoms with van der Waals surface area (Å²) < 4.78 is 23.1. The minimum absolute atomic E-state index is 0.147. The van der Waals surface area contributed by atoms with E-state index in [-0.39, 0.29) is 26.4 Å². The number of rotatable bonds is 27. The predicted octanol–water partition coefficient (Wildman–Crippen LogP) is 13.5. The fraction of sp³-hybridized carbons (Fsp3) is 0.731. The van der Waals surface area contributed by atoms with E-state index in [4.69, 9.17) is 18.9 Å². The maximum Gasteiger partial charge on any atom is 0.338 e. The van der Waals surface area contributed by atoms with E-state index in [0.29, 0.717) is 10.8 Å². The number of carbonyl (C=O) groups is 2. The molecule has 2 saturated carbocycles. The van der Waals surface area contributed by atoms with Crippen molar-refractivity contribution < 1.29 is 28.5 Å². The van der Waals surface area contributed by atoms with Crippen LogP contribution < -0.4 is 0 Å². The van der Waals surface area contributed by atoms with Crippen molar-refractivity contribution in [1.29, 1.82) is 0 Å². The fourth-order valence-corrected chi connectivity index (χ4v) is 10.6. The van der Waals surface area contributed by atoms with E-state index in [2.05, 4.69) is 76.2 Å². The summed E-state index contributed by atoms with van der Waals surface area (Å²) in [7, 11) is 0. The van der Waals surface area contributed by atoms with Gasteiger partial charge in [-0.3, -0.25) is 0 Å². The third kappa shape index (κ3) is 14.8. The van der Waals surface area contributed by atoms with Gasteiger partial charge >= 0.3 is 11.9 Å². The molecule has 4 rings (SSSR count). The number of hydrogen-bond acceptors (Lipinski definition) is 6. The summed E-state index contributed by atoms with van der Waals surface area (Å²) >= 11 is 0. The summed E-state index contributed by atoms with van der Waals surface area (Å²) in [6, 6.07) is 16.9. The molecular weight excluding hydrogens is 721 g/mol. The Kier molecular flexibility index (Phi) is 21.4. The highest BCUT2D eigenvalue weighted by atomic mass is 16.6. The Hall–Kier alpha value is -2.70. The second kappa shape index (κ2) is 25.8. The Morgan fingerprint density at radius 2 is 0.862 bits per heavy atom. The standard InChI is InChI=1S/C52H82O6/c1-7-21-41(5)51(33-15-11-16-34-51)37-19-13-23-43-25-29-45(30-26-43)39-57-47(49(53)55-9-3)48(50(54)56-10-4)58-40-46-31-27-44(28-32-46)24-14-20-38-52(42(6)22-8-2)35-17-12-18-36-52/h25-32,41-42,47-48H,7-24,33-40H2,1-6H3/t41?,42?,47-,48-/m1/s1. The fourth-order valence-electron chi connectivity index (χ4n) is 10.6. The van der Waals surface area contributed by atoms with Crippen LogP contribution in [0.4, 0.5) is 0 Å². The molecule has 0 heterocycles. The molecule has 2 aromatic rings. The third-order valence-electron chi connectivity index (χ3n) is 14.2. The van der Waals surface area contributed by atoms with Gasteiger partial charge in [0.2, 0.25) is 0 Å². The van der Waals surface area contributed by atoms with Crippen molar-refractivity contribution in [2.75, 3.05) is 13.2 Å². The minimum atomic E-state index is -1.26. The SMILES string of the molecule is CCCC(C)C1(CCCCc2ccc(CO[C@@H](C(=O)OCC)[C@@H](OCc3ccc(CCCCC4(C(C)CCC)CCCCC4)cc3)C(=O)OCC)cc2)CCCCC1. The Morgan fingerprint density at radius 1 is 0.517 bits per heavy atom. The molecule has 0 spiro atoms. The van der Waals surface area contributed by atoms with Gasteiger partial charge < -0.3 is 18.9 Å². The summed E-state index contributed by atoms with van der Waals surface area (Å²) in [5, 5.41) is 0. The van der Waals surface area contributed by atoms with Crippen LogP contribution in [0.5, 0.6) is 0 Å². The molecule has 0 saturated heterocycles. The van der Waals surface area contributed by atoms with Crippen LogP contribution in [-0.4, -0.2) is 37.4 Å². The van der Waals surface area contributed by atoms with Crippen LogP contribution in [0.15, 0.2) is 48.5 Å². The highest BCUT2D eigenvalue weighted by Crippen LogP contribution is 2.49. The van der Waals surface area contributed by atoms with Crippen molar-refractivity contribution in [1.82, 2.24) is 0 Å². The van der Waals surface area contributed by atoms with Crippen LogP contribution in [0.1, 0.15) is 192 Å². The van der Waals surface area contributed by atoms with Crippen molar-refractivity contribution in [3.8, 4) is 0 Å². The second-order valence-electron chi connectivity index (χ2n) is 18.2. The number of carbonyl (C=O) groups excluding carboxylic acids is 2. The molecule has 58 heavy (non-hydrogen) atoms. The van der Waals surface area contributed by atoms with Gasteiger partial charge in [-0.2, -0.15) is 0 Å². The zero-order chi connectivity index (χ0) is 41.6. The molecule has 0 N–H and O–H groups in total. The van der Waals surface area contributed by atoms with E-state index in [1.54, 1.807) is 13.8 Å². The number of aryl methyl sites for hydroxylation is 2. The normalized spacial score (nSPS) is 18.5. The van der Waals surface area contributed by atoms with Gasteiger partial charge in [0.25, 0.3) is 0 Å². The maximum absolute atomic E-state index is 13.3. The van der Waals surface area contributed by atoms with Crippen molar-refractivity contribution in [3.63, 3.8) is 0 Å². The first-order chi connectivity index (χ1) is 28.2. The first-order valence-electron chi connectivity index (χ1n) is 23.9. The molecule has 2 fully saturated rings. The minimum Gasteiger partial charge on any atom is -0.464 e. The molecule has 0 radical (unpaired) electrons. The molecule has 2 aliphatic rings. The lowest BCUT2D eigenvalue weighted by Crippen LogP contribution is -2.45. The highest BCUT2D eigenvalue weighted by molar-refractivity contribution is 5.85. The average molecular weight is 803 g/mol. The van der Waals surface area contributed by atoms with E-state index < -0.39 is 24.1 Å². The molecule has 0 amide bonds. The zero-order valence-electron chi connectivity index (χ0n) is 37.8. The van der Waals surface area contributed by atoms with Crippen molar-refractivity contribution in [3.05, 3.63) is 70.8 Å². The molecule has 326 valence electrons. The van der Waals surface area contributed by atoms with Gasteiger partial charge in [-0.05, 0) is 123 Å². The largest absolute Gasteiger partial charge is 0.464 e. The van der Waals surface area contributed by atoms with Gasteiger partial charge in [0, 0.05) is 0 Å². The average Bonchev–Trinajstić information content (AvgIpc) is 3.24. The number of hydrogen-bond donors (Lipinski definition) is 0. The lowest BCUT2D eigenvalue weighted by atomic mass is 9.63. The molecule has 0 aliphatic heterocycles. The molecule has 2 aliphatic carbocycles. The van der Waals surface area contributed by atoms with Gasteiger partial charge in [-0.15, -0.1) is 0 Å². The highest BCUT2D eigenvalue weighted by Gasteiger charge is 2.39. The summed E-state index contributed by atoms with van der Waals surface area (Å²) in [6.07, 6.45) is 26.5. The topological polar surface area (TPSA) is 71.1 Å². The van der Waals surface area contributed by atoms with Gasteiger partial charge in [0.05, 0.1) is 26.4 Å². The Balaban J connectivity index is 1.29. The number of benzene rings is 2. The van der Waals surface area contributed by atoms with Crippen LogP contribution in [0.2, 0.25) is 0 Å². The Morgan fingerprint density at radius 3 is 1.19 bits per heavy atom. The molecule has 6 heteroatoms. The van der Waals surface area contributed by atoms with Gasteiger partial charge in [0.1, 0.15) is 0 Å². The maximum atomic E-state index is 13.3. The van der Waals surface area contributed by atoms with E-state index in [9.17, 15) is 9.59 Å². The van der Waals surface area contributed by atoms with E-state index in [0.717, 1.165) is 35.8 Å². The summed E-state index contributed by atoms with van der Waals surface area (Å²) in [6.45, 7) is 13.8. The van der Waals surface area contributed by atoms with Crippen LogP contribution in [0, 0.1) is 22.7 Å². The molecule has 2 aromatic carbocycles. The number of ether oxygens (including phenoxy) is 4. The summed E-state index contributed by atoms with van der Waals surface area (Å²) in [5.74, 6) is 0.378. The Bertz CT molecular complexity index is 1310. The molecule has 0 bridgehead atoms. The van der Waals surface area contributed by atoms with Crippen molar-refractivity contribution in [2.45, 2.75) is 208 Å². The lowest BCUT2D eigenvalue weighted by Gasteiger charge is -2.43. The third-order valence-corrected chi connectivity index (χ3v) is 14.2. The van der Waals surface area contributed by atoms with E-state index in [1.807, 2.05) is 0 Å². The van der Waals surface area contributed by atoms with Gasteiger partial charge in [-0.25, -0.2) is 9.59 Å². The second-order valence-corrected chi connectivity index (χ2v) is 18.2. The van der Waals surface area contributed by atoms with Crippen LogP contribution >= 0.6 is 0 Å². The molecule has 4 atom stereocenters. The molecule has 2 unspecified atom stereocenters. The molecule has 0 aromatic heterocycles. The van der Waals surface area contributed by atoms with Gasteiger partial charge in [-0.1, -0.05) is 153 Å². The smallest absolute Gasteiger partial charge is 0.338 e. The van der Waals surface area contributed by atoms with Crippen LogP contribution in [-0.2, 0) is 54.6 Å². The van der Waals surface area contributed by atoms with Crippen molar-refractivity contribution >= 4 is 11.9 Å². The van der Waals surface area contributed by atoms with Gasteiger partial charge in [0.15, 0.2) is 12.2 Å². The summed E-state index contributed by atoms with van der Waals surface area (Å²) in [4.78, 5) is 26.5. The first kappa shape index (κ1) is 48.0. The predicted molar refractivity (Wildman–Crippen MR) is 238 cm³/mol. The number of esters is 2.